The average Bonchev–Trinajstić information content (AvgIpc) is 2.96. The molecule has 0 saturated carbocycles. The summed E-state index contributed by atoms with van der Waals surface area (Å²) >= 11 is 7.63. The fourth-order valence-electron chi connectivity index (χ4n) is 2.40. The summed E-state index contributed by atoms with van der Waals surface area (Å²) < 4.78 is 2.98. The first-order valence-electron chi connectivity index (χ1n) is 7.04. The lowest BCUT2D eigenvalue weighted by Crippen LogP contribution is -2.17. The summed E-state index contributed by atoms with van der Waals surface area (Å²) in [6.45, 7) is 1.96. The van der Waals surface area contributed by atoms with Gasteiger partial charge in [-0.2, -0.15) is 5.26 Å². The van der Waals surface area contributed by atoms with Crippen LogP contribution in [0.15, 0.2) is 40.3 Å². The first-order valence-corrected chi connectivity index (χ1v) is 8.41. The molecule has 24 heavy (non-hydrogen) atoms. The Hall–Kier alpha value is -2.56. The van der Waals surface area contributed by atoms with Crippen LogP contribution in [-0.2, 0) is 0 Å². The number of hydrogen-bond donors (Lipinski definition) is 0. The zero-order valence-electron chi connectivity index (χ0n) is 12.6. The molecule has 120 valence electrons. The summed E-state index contributed by atoms with van der Waals surface area (Å²) in [6.07, 6.45) is 0.353. The second-order valence-electron chi connectivity index (χ2n) is 4.76. The van der Waals surface area contributed by atoms with Crippen molar-refractivity contribution in [2.75, 3.05) is 5.75 Å². The lowest BCUT2D eigenvalue weighted by molar-refractivity contribution is 0.112. The van der Waals surface area contributed by atoms with Crippen molar-refractivity contribution in [3.63, 3.8) is 0 Å². The second-order valence-corrected chi connectivity index (χ2v) is 6.35. The third-order valence-corrected chi connectivity index (χ3v) is 4.59. The molecule has 0 fully saturated rings. The van der Waals surface area contributed by atoms with Crippen molar-refractivity contribution in [2.24, 2.45) is 0 Å². The van der Waals surface area contributed by atoms with Crippen molar-refractivity contribution in [1.82, 2.24) is 14.2 Å². The van der Waals surface area contributed by atoms with Gasteiger partial charge < -0.3 is 0 Å². The molecule has 0 saturated heterocycles. The van der Waals surface area contributed by atoms with Gasteiger partial charge in [0.15, 0.2) is 17.1 Å². The number of benzene rings is 1. The number of nitrogens with zero attached hydrogens (tertiary/aromatic N) is 4. The molecule has 0 atom stereocenters. The Bertz CT molecular complexity index is 1030. The molecule has 8 heteroatoms. The molecule has 0 unspecified atom stereocenters. The Balaban J connectivity index is 2.55. The molecule has 3 rings (SSSR count). The summed E-state index contributed by atoms with van der Waals surface area (Å²) in [5, 5.41) is 14.3. The van der Waals surface area contributed by atoms with Crippen LogP contribution in [0, 0.1) is 11.3 Å². The number of halogens is 1. The lowest BCUT2D eigenvalue weighted by atomic mass is 10.2. The number of carbonyl (C=O) groups is 1. The molecule has 2 heterocycles. The highest BCUT2D eigenvalue weighted by atomic mass is 35.5. The van der Waals surface area contributed by atoms with Crippen molar-refractivity contribution in [2.45, 2.75) is 12.1 Å². The Kier molecular flexibility index (Phi) is 4.42. The molecule has 0 bridgehead atoms. The van der Waals surface area contributed by atoms with Gasteiger partial charge in [-0.05, 0) is 17.9 Å². The highest BCUT2D eigenvalue weighted by Gasteiger charge is 2.23. The first-order chi connectivity index (χ1) is 11.6. The summed E-state index contributed by atoms with van der Waals surface area (Å²) in [6, 6.07) is 11.1. The van der Waals surface area contributed by atoms with Crippen molar-refractivity contribution in [3.05, 3.63) is 56.8 Å². The number of pyridine rings is 1. The molecule has 3 aromatic rings. The third kappa shape index (κ3) is 2.40. The highest BCUT2D eigenvalue weighted by molar-refractivity contribution is 7.99. The predicted octanol–water partition coefficient (Wildman–Crippen LogP) is 2.93. The van der Waals surface area contributed by atoms with Crippen LogP contribution in [0.1, 0.15) is 22.8 Å². The van der Waals surface area contributed by atoms with Crippen molar-refractivity contribution < 1.29 is 4.79 Å². The van der Waals surface area contributed by atoms with Crippen LogP contribution < -0.4 is 5.43 Å². The smallest absolute Gasteiger partial charge is 0.213 e. The molecule has 0 aliphatic carbocycles. The monoisotopic (exact) mass is 358 g/mol. The quantitative estimate of drug-likeness (QED) is 0.407. The first kappa shape index (κ1) is 16.3. The topological polar surface area (TPSA) is 80.2 Å². The van der Waals surface area contributed by atoms with E-state index >= 15 is 0 Å². The Labute approximate surface area is 146 Å². The van der Waals surface area contributed by atoms with Gasteiger partial charge in [0.25, 0.3) is 0 Å². The van der Waals surface area contributed by atoms with Crippen LogP contribution in [0.3, 0.4) is 0 Å². The highest BCUT2D eigenvalue weighted by Crippen LogP contribution is 2.27. The summed E-state index contributed by atoms with van der Waals surface area (Å²) in [5.41, 5.74) is -0.130. The zero-order valence-corrected chi connectivity index (χ0v) is 14.1. The largest absolute Gasteiger partial charge is 0.298 e. The van der Waals surface area contributed by atoms with E-state index in [2.05, 4.69) is 5.10 Å². The number of aldehydes is 1. The number of aromatic nitrogens is 3. The maximum Gasteiger partial charge on any atom is 0.213 e. The van der Waals surface area contributed by atoms with Crippen LogP contribution >= 0.6 is 23.4 Å². The Morgan fingerprint density at radius 1 is 1.38 bits per heavy atom. The summed E-state index contributed by atoms with van der Waals surface area (Å²) in [7, 11) is 0. The van der Waals surface area contributed by atoms with E-state index < -0.39 is 5.43 Å². The molecule has 0 amide bonds. The molecule has 0 aliphatic heterocycles. The van der Waals surface area contributed by atoms with Gasteiger partial charge >= 0.3 is 0 Å². The molecular weight excluding hydrogens is 348 g/mol. The van der Waals surface area contributed by atoms with E-state index in [1.807, 2.05) is 43.3 Å². The van der Waals surface area contributed by atoms with E-state index in [-0.39, 0.29) is 21.9 Å². The Morgan fingerprint density at radius 2 is 2.08 bits per heavy atom. The average molecular weight is 359 g/mol. The molecule has 0 aliphatic rings. The molecule has 0 spiro atoms. The number of hydrogen-bond acceptors (Lipinski definition) is 5. The number of rotatable bonds is 4. The van der Waals surface area contributed by atoms with Crippen molar-refractivity contribution in [3.8, 4) is 11.8 Å². The van der Waals surface area contributed by atoms with Crippen LogP contribution in [0.2, 0.25) is 5.15 Å². The SMILES string of the molecule is CCSc1nn2c(Cl)c(C=O)c(=O)c(C#N)c2n1-c1ccccc1. The molecule has 0 radical (unpaired) electrons. The van der Waals surface area contributed by atoms with Crippen molar-refractivity contribution >= 4 is 35.3 Å². The summed E-state index contributed by atoms with van der Waals surface area (Å²) in [4.78, 5) is 23.6. The van der Waals surface area contributed by atoms with E-state index in [9.17, 15) is 14.9 Å². The van der Waals surface area contributed by atoms with Gasteiger partial charge in [-0.1, -0.05) is 48.5 Å². The predicted molar refractivity (Wildman–Crippen MR) is 92.3 cm³/mol. The number of nitriles is 1. The van der Waals surface area contributed by atoms with E-state index in [0.717, 1.165) is 11.4 Å². The molecule has 0 N–H and O–H groups in total. The maximum atomic E-state index is 12.4. The number of fused-ring (bicyclic) bond motifs is 1. The fraction of sp³-hybridized carbons (Fsp3) is 0.125. The van der Waals surface area contributed by atoms with Gasteiger partial charge in [0.1, 0.15) is 22.3 Å². The number of para-hydroxylation sites is 1. The standard InChI is InChI=1S/C16H11ClN4O2S/c1-2-24-16-19-21-14(17)12(9-22)13(23)11(8-18)15(21)20(16)10-6-4-3-5-7-10/h3-7,9H,2H2,1H3. The molecule has 1 aromatic carbocycles. The van der Waals surface area contributed by atoms with Gasteiger partial charge in [0, 0.05) is 5.69 Å². The van der Waals surface area contributed by atoms with E-state index in [4.69, 9.17) is 11.6 Å². The lowest BCUT2D eigenvalue weighted by Gasteiger charge is -2.08. The zero-order chi connectivity index (χ0) is 17.3. The van der Waals surface area contributed by atoms with Crippen molar-refractivity contribution in [1.29, 1.82) is 5.26 Å². The van der Waals surface area contributed by atoms with Gasteiger partial charge in [-0.25, -0.2) is 4.52 Å². The van der Waals surface area contributed by atoms with Crippen LogP contribution in [0.5, 0.6) is 0 Å². The van der Waals surface area contributed by atoms with Crippen LogP contribution in [0.4, 0.5) is 0 Å². The second kappa shape index (κ2) is 6.51. The van der Waals surface area contributed by atoms with Crippen LogP contribution in [0.25, 0.3) is 11.3 Å². The van der Waals surface area contributed by atoms with Gasteiger partial charge in [-0.3, -0.25) is 14.2 Å². The van der Waals surface area contributed by atoms with Gasteiger partial charge in [0.05, 0.1) is 0 Å². The molecule has 6 nitrogen and oxygen atoms in total. The number of carbonyl (C=O) groups excluding carboxylic acids is 1. The Morgan fingerprint density at radius 3 is 2.67 bits per heavy atom. The molecular formula is C16H11ClN4O2S. The minimum atomic E-state index is -0.692. The minimum Gasteiger partial charge on any atom is -0.298 e. The van der Waals surface area contributed by atoms with E-state index in [1.54, 1.807) is 4.57 Å². The number of thioether (sulfide) groups is 1. The summed E-state index contributed by atoms with van der Waals surface area (Å²) in [5.74, 6) is 0.737. The fourth-order valence-corrected chi connectivity index (χ4v) is 3.36. The minimum absolute atomic E-state index is 0.100. The third-order valence-electron chi connectivity index (χ3n) is 3.41. The molecule has 2 aromatic heterocycles. The van der Waals surface area contributed by atoms with Crippen LogP contribution in [-0.4, -0.2) is 26.2 Å². The van der Waals surface area contributed by atoms with Gasteiger partial charge in [-0.15, -0.1) is 5.10 Å². The van der Waals surface area contributed by atoms with Gasteiger partial charge in [0.2, 0.25) is 5.43 Å². The normalized spacial score (nSPS) is 10.7. The maximum absolute atomic E-state index is 12.4. The van der Waals surface area contributed by atoms with E-state index in [0.29, 0.717) is 11.4 Å². The van der Waals surface area contributed by atoms with E-state index in [1.165, 1.54) is 16.3 Å².